The highest BCUT2D eigenvalue weighted by molar-refractivity contribution is 5.48. The van der Waals surface area contributed by atoms with Gasteiger partial charge in [-0.3, -0.25) is 4.79 Å². The molecule has 18 heavy (non-hydrogen) atoms. The lowest BCUT2D eigenvalue weighted by atomic mass is 10.3. The number of aldehydes is 1. The van der Waals surface area contributed by atoms with Crippen LogP contribution < -0.4 is 11.1 Å². The number of nitrogens with two attached hydrogens (primary N) is 1. The molecule has 5 nitrogen and oxygen atoms in total. The van der Waals surface area contributed by atoms with Crippen LogP contribution in [0.4, 0.5) is 0 Å². The summed E-state index contributed by atoms with van der Waals surface area (Å²) in [6, 6.07) is 0.847. The van der Waals surface area contributed by atoms with Crippen molar-refractivity contribution in [1.82, 2.24) is 10.2 Å². The summed E-state index contributed by atoms with van der Waals surface area (Å²) < 4.78 is 0. The molecule has 1 rings (SSSR count). The van der Waals surface area contributed by atoms with Crippen molar-refractivity contribution in [3.05, 3.63) is 0 Å². The molecule has 1 saturated heterocycles. The van der Waals surface area contributed by atoms with Gasteiger partial charge in [0.2, 0.25) is 6.41 Å². The number of amides is 1. The second-order valence-corrected chi connectivity index (χ2v) is 4.06. The smallest absolute Gasteiger partial charge is 0.204 e. The number of primary amides is 1. The van der Waals surface area contributed by atoms with E-state index in [1.807, 2.05) is 21.0 Å². The van der Waals surface area contributed by atoms with Gasteiger partial charge in [0.1, 0.15) is 6.29 Å². The quantitative estimate of drug-likeness (QED) is 0.728. The Labute approximate surface area is 112 Å². The summed E-state index contributed by atoms with van der Waals surface area (Å²) in [6.45, 7) is 5.57. The van der Waals surface area contributed by atoms with Gasteiger partial charge < -0.3 is 20.7 Å². The summed E-state index contributed by atoms with van der Waals surface area (Å²) in [6.07, 6.45) is 5.66. The maximum absolute atomic E-state index is 9.40. The van der Waals surface area contributed by atoms with Crippen molar-refractivity contribution < 1.29 is 9.59 Å². The van der Waals surface area contributed by atoms with Crippen molar-refractivity contribution in [1.29, 1.82) is 0 Å². The summed E-state index contributed by atoms with van der Waals surface area (Å²) in [5.41, 5.74) is 4.17. The average Bonchev–Trinajstić information content (AvgIpc) is 2.67. The zero-order chi connectivity index (χ0) is 14.8. The fourth-order valence-electron chi connectivity index (χ4n) is 1.19. The van der Waals surface area contributed by atoms with Gasteiger partial charge >= 0.3 is 0 Å². The Morgan fingerprint density at radius 3 is 1.89 bits per heavy atom. The van der Waals surface area contributed by atoms with Gasteiger partial charge in [0, 0.05) is 12.5 Å². The molecule has 0 bridgehead atoms. The highest BCUT2D eigenvalue weighted by Crippen LogP contribution is 2.12. The molecule has 0 radical (unpaired) electrons. The van der Waals surface area contributed by atoms with Gasteiger partial charge in [-0.15, -0.1) is 0 Å². The highest BCUT2D eigenvalue weighted by atomic mass is 16.1. The molecule has 0 saturated carbocycles. The normalized spacial score (nSPS) is 17.1. The summed E-state index contributed by atoms with van der Waals surface area (Å²) in [4.78, 5) is 20.4. The number of likely N-dealkylation sites (tertiary alicyclic amines) is 1. The van der Waals surface area contributed by atoms with Gasteiger partial charge in [-0.25, -0.2) is 0 Å². The summed E-state index contributed by atoms with van der Waals surface area (Å²) in [5, 5.41) is 2.75. The fraction of sp³-hybridized carbons (Fsp3) is 0.846. The van der Waals surface area contributed by atoms with E-state index in [0.29, 0.717) is 6.42 Å². The molecule has 110 valence electrons. The van der Waals surface area contributed by atoms with E-state index in [1.165, 1.54) is 19.4 Å². The van der Waals surface area contributed by atoms with Crippen LogP contribution in [-0.2, 0) is 9.59 Å². The van der Waals surface area contributed by atoms with E-state index < -0.39 is 0 Å². The Morgan fingerprint density at radius 2 is 1.83 bits per heavy atom. The molecule has 1 fully saturated rings. The molecule has 0 aliphatic carbocycles. The third-order valence-corrected chi connectivity index (χ3v) is 2.29. The van der Waals surface area contributed by atoms with E-state index >= 15 is 0 Å². The van der Waals surface area contributed by atoms with Gasteiger partial charge in [-0.2, -0.15) is 0 Å². The topological polar surface area (TPSA) is 75.4 Å². The lowest BCUT2D eigenvalue weighted by molar-refractivity contribution is -0.108. The second kappa shape index (κ2) is 21.4. The van der Waals surface area contributed by atoms with Crippen LogP contribution in [0.5, 0.6) is 0 Å². The highest BCUT2D eigenvalue weighted by Gasteiger charge is 2.14. The van der Waals surface area contributed by atoms with E-state index in [9.17, 15) is 4.79 Å². The third-order valence-electron chi connectivity index (χ3n) is 2.29. The number of hydrogen-bond donors (Lipinski definition) is 2. The molecule has 0 aromatic carbocycles. The minimum absolute atomic E-state index is 0.250. The molecule has 5 heteroatoms. The monoisotopic (exact) mass is 261 g/mol. The zero-order valence-corrected chi connectivity index (χ0v) is 12.6. The first-order valence-electron chi connectivity index (χ1n) is 6.43. The second-order valence-electron chi connectivity index (χ2n) is 4.06. The molecular formula is C13H31N3O2. The van der Waals surface area contributed by atoms with Crippen LogP contribution >= 0.6 is 0 Å². The van der Waals surface area contributed by atoms with Crippen LogP contribution in [0.1, 0.15) is 39.5 Å². The maximum atomic E-state index is 9.40. The first-order valence-corrected chi connectivity index (χ1v) is 6.43. The standard InChI is InChI=1S/C6H13N.C4H8O.C2H7N.CH3NO/c1-6-4-3-5-7(6)2;1-2-3-4-5;1-3-2;2-1-3/h6H,3-5H2,1-2H3;4H,2-3H2,1H3;3H,1-2H3;1H,(H2,2,3). The van der Waals surface area contributed by atoms with Crippen LogP contribution in [0.25, 0.3) is 0 Å². The van der Waals surface area contributed by atoms with Crippen molar-refractivity contribution in [2.75, 3.05) is 27.7 Å². The number of hydrogen-bond acceptors (Lipinski definition) is 4. The lowest BCUT2D eigenvalue weighted by Gasteiger charge is -2.12. The molecule has 0 aromatic heterocycles. The Bertz CT molecular complexity index is 158. The van der Waals surface area contributed by atoms with Gasteiger partial charge in [-0.05, 0) is 53.9 Å². The van der Waals surface area contributed by atoms with E-state index in [1.54, 1.807) is 0 Å². The van der Waals surface area contributed by atoms with Crippen molar-refractivity contribution in [2.24, 2.45) is 5.73 Å². The predicted molar refractivity (Wildman–Crippen MR) is 77.5 cm³/mol. The van der Waals surface area contributed by atoms with E-state index in [0.717, 1.165) is 18.7 Å². The molecule has 0 aromatic rings. The van der Waals surface area contributed by atoms with Gasteiger partial charge in [0.05, 0.1) is 0 Å². The van der Waals surface area contributed by atoms with Crippen molar-refractivity contribution in [2.45, 2.75) is 45.6 Å². The van der Waals surface area contributed by atoms with E-state index in [-0.39, 0.29) is 6.41 Å². The molecule has 1 aliphatic heterocycles. The summed E-state index contributed by atoms with van der Waals surface area (Å²) in [7, 11) is 5.94. The molecule has 1 heterocycles. The Balaban J connectivity index is -0.000000182. The number of nitrogens with zero attached hydrogens (tertiary/aromatic N) is 1. The van der Waals surface area contributed by atoms with Gasteiger partial charge in [0.25, 0.3) is 0 Å². The van der Waals surface area contributed by atoms with Crippen molar-refractivity contribution in [3.8, 4) is 0 Å². The molecule has 3 N–H and O–H groups in total. The Hall–Kier alpha value is -0.940. The minimum Gasteiger partial charge on any atom is -0.372 e. The molecule has 1 atom stereocenters. The molecule has 1 aliphatic rings. The number of nitrogens with one attached hydrogen (secondary N) is 1. The third kappa shape index (κ3) is 24.3. The maximum Gasteiger partial charge on any atom is 0.204 e. The summed E-state index contributed by atoms with van der Waals surface area (Å²) >= 11 is 0. The van der Waals surface area contributed by atoms with Gasteiger partial charge in [0.15, 0.2) is 0 Å². The average molecular weight is 261 g/mol. The van der Waals surface area contributed by atoms with Crippen LogP contribution in [0, 0.1) is 0 Å². The molecular weight excluding hydrogens is 230 g/mol. The molecule has 0 spiro atoms. The largest absolute Gasteiger partial charge is 0.372 e. The first kappa shape index (κ1) is 22.3. The van der Waals surface area contributed by atoms with E-state index in [4.69, 9.17) is 4.79 Å². The lowest BCUT2D eigenvalue weighted by Crippen LogP contribution is -2.20. The van der Waals surface area contributed by atoms with Crippen molar-refractivity contribution >= 4 is 12.7 Å². The molecule has 1 amide bonds. The zero-order valence-electron chi connectivity index (χ0n) is 12.6. The van der Waals surface area contributed by atoms with Crippen LogP contribution in [-0.4, -0.2) is 51.3 Å². The Kier molecular flexibility index (Phi) is 26.4. The van der Waals surface area contributed by atoms with Crippen LogP contribution in [0.2, 0.25) is 0 Å². The number of rotatable bonds is 2. The minimum atomic E-state index is 0.250. The number of carbonyl (C=O) groups excluding carboxylic acids is 2. The first-order chi connectivity index (χ1) is 8.55. The van der Waals surface area contributed by atoms with Crippen molar-refractivity contribution in [3.63, 3.8) is 0 Å². The molecule has 1 unspecified atom stereocenters. The van der Waals surface area contributed by atoms with Crippen LogP contribution in [0.3, 0.4) is 0 Å². The number of unbranched alkanes of at least 4 members (excludes halogenated alkanes) is 1. The fourth-order valence-corrected chi connectivity index (χ4v) is 1.19. The van der Waals surface area contributed by atoms with Crippen LogP contribution in [0.15, 0.2) is 0 Å². The Morgan fingerprint density at radius 1 is 1.39 bits per heavy atom. The SMILES string of the molecule is CC1CCCN1C.CCCC=O.CNC.NC=O. The van der Waals surface area contributed by atoms with E-state index in [2.05, 4.69) is 29.9 Å². The number of carbonyl (C=O) groups is 2. The summed E-state index contributed by atoms with van der Waals surface area (Å²) in [5.74, 6) is 0. The van der Waals surface area contributed by atoms with Gasteiger partial charge in [-0.1, -0.05) is 6.92 Å². The predicted octanol–water partition coefficient (Wildman–Crippen LogP) is 1.02.